The Bertz CT molecular complexity index is 453. The van der Waals surface area contributed by atoms with E-state index in [1.165, 1.54) is 0 Å². The van der Waals surface area contributed by atoms with Crippen molar-refractivity contribution in [2.24, 2.45) is 0 Å². The summed E-state index contributed by atoms with van der Waals surface area (Å²) in [6.45, 7) is 0. The summed E-state index contributed by atoms with van der Waals surface area (Å²) in [6, 6.07) is 0. The summed E-state index contributed by atoms with van der Waals surface area (Å²) in [5.74, 6) is -1.14. The topological polar surface area (TPSA) is 173 Å². The summed E-state index contributed by atoms with van der Waals surface area (Å²) in [5, 5.41) is 35.7. The second-order valence-electron chi connectivity index (χ2n) is 2.20. The van der Waals surface area contributed by atoms with Gasteiger partial charge in [0, 0.05) is 0 Å². The van der Waals surface area contributed by atoms with Gasteiger partial charge in [0.05, 0.1) is 31.8 Å². The lowest BCUT2D eigenvalue weighted by molar-refractivity contribution is -0.803. The Hall–Kier alpha value is -2.44. The van der Waals surface area contributed by atoms with Crippen molar-refractivity contribution in [1.82, 2.24) is 20.2 Å². The van der Waals surface area contributed by atoms with Gasteiger partial charge in [-0.3, -0.25) is 20.2 Å². The molecule has 0 aliphatic heterocycles. The van der Waals surface area contributed by atoms with E-state index in [2.05, 4.69) is 15.4 Å². The van der Waals surface area contributed by atoms with Crippen LogP contribution in [0.1, 0.15) is 0 Å². The van der Waals surface area contributed by atoms with Crippen molar-refractivity contribution in [2.75, 3.05) is 0 Å². The van der Waals surface area contributed by atoms with Gasteiger partial charge in [0.25, 0.3) is 0 Å². The number of aromatic nitrogens is 4. The first kappa shape index (κ1) is 11.6. The van der Waals surface area contributed by atoms with Gasteiger partial charge in [-0.15, -0.1) is 0 Å². The summed E-state index contributed by atoms with van der Waals surface area (Å²) >= 11 is 5.03. The van der Waals surface area contributed by atoms with Gasteiger partial charge in [-0.2, -0.15) is 0 Å². The molecule has 0 atom stereocenters. The van der Waals surface area contributed by atoms with Crippen molar-refractivity contribution < 1.29 is 14.8 Å². The van der Waals surface area contributed by atoms with E-state index in [0.29, 0.717) is 0 Å². The van der Waals surface area contributed by atoms with E-state index in [1.54, 1.807) is 0 Å². The molecule has 0 spiro atoms. The highest BCUT2D eigenvalue weighted by molar-refractivity contribution is 6.19. The zero-order valence-electron chi connectivity index (χ0n) is 6.96. The van der Waals surface area contributed by atoms with Gasteiger partial charge in [0.2, 0.25) is 0 Å². The lowest BCUT2D eigenvalue weighted by Crippen LogP contribution is -2.45. The van der Waals surface area contributed by atoms with E-state index >= 15 is 0 Å². The van der Waals surface area contributed by atoms with Crippen molar-refractivity contribution in [3.05, 3.63) is 30.3 Å². The van der Waals surface area contributed by atoms with Crippen LogP contribution in [-0.4, -0.2) is 35.0 Å². The molecule has 0 aliphatic rings. The maximum absolute atomic E-state index is 10.4. The monoisotopic (exact) mass is 253 g/mol. The Balaban J connectivity index is 3.28. The van der Waals surface area contributed by atoms with Crippen molar-refractivity contribution in [2.45, 2.75) is 5.25 Å². The van der Waals surface area contributed by atoms with Gasteiger partial charge < -0.3 is 10.1 Å². The SMILES string of the molecule is O=[N+]([O-])c1nnn(C(Cl)([N+](=O)[O-])[N+](=O)[O-])n1. The van der Waals surface area contributed by atoms with Crippen molar-refractivity contribution in [3.63, 3.8) is 0 Å². The molecule has 0 saturated carbocycles. The summed E-state index contributed by atoms with van der Waals surface area (Å²) in [6.07, 6.45) is 0. The molecular weight excluding hydrogens is 254 g/mol. The maximum atomic E-state index is 10.4. The van der Waals surface area contributed by atoms with E-state index in [-0.39, 0.29) is 4.80 Å². The van der Waals surface area contributed by atoms with Crippen molar-refractivity contribution in [3.8, 4) is 0 Å². The molecule has 1 aromatic rings. The summed E-state index contributed by atoms with van der Waals surface area (Å²) in [5.41, 5.74) is 0. The summed E-state index contributed by atoms with van der Waals surface area (Å²) in [4.78, 5) is 26.4. The average Bonchev–Trinajstić information content (AvgIpc) is 2.64. The molecule has 1 rings (SSSR count). The Morgan fingerprint density at radius 1 is 1.19 bits per heavy atom. The number of rotatable bonds is 4. The molecule has 1 aromatic heterocycles. The van der Waals surface area contributed by atoms with Crippen LogP contribution >= 0.6 is 11.6 Å². The highest BCUT2D eigenvalue weighted by Gasteiger charge is 2.63. The zero-order valence-corrected chi connectivity index (χ0v) is 7.71. The second-order valence-corrected chi connectivity index (χ2v) is 2.71. The molecule has 86 valence electrons. The van der Waals surface area contributed by atoms with Gasteiger partial charge in [-0.05, 0) is 4.92 Å². The maximum Gasteiger partial charge on any atom is 0.677 e. The Morgan fingerprint density at radius 3 is 2.00 bits per heavy atom. The summed E-state index contributed by atoms with van der Waals surface area (Å²) < 4.78 is 0. The molecule has 0 amide bonds. The third-order valence-electron chi connectivity index (χ3n) is 1.29. The number of hydrogen-bond acceptors (Lipinski definition) is 9. The smallest absolute Gasteiger partial charge is 0.390 e. The second kappa shape index (κ2) is 3.61. The molecule has 13 nitrogen and oxygen atoms in total. The molecule has 1 heterocycles. The minimum absolute atomic E-state index is 0.271. The molecule has 0 unspecified atom stereocenters. The van der Waals surface area contributed by atoms with Crippen molar-refractivity contribution >= 4 is 17.5 Å². The van der Waals surface area contributed by atoms with Gasteiger partial charge >= 0.3 is 11.2 Å². The standard InChI is InChI=1S/C2ClN7O6/c3-2(9(13)14,10(15)16)8-5-1(4-6-8)7(11)12. The van der Waals surface area contributed by atoms with Gasteiger partial charge in [0.15, 0.2) is 0 Å². The normalized spacial score (nSPS) is 11.1. The number of alkyl halides is 1. The minimum atomic E-state index is -3.46. The van der Waals surface area contributed by atoms with Crippen LogP contribution in [0.4, 0.5) is 5.95 Å². The predicted octanol–water partition coefficient (Wildman–Crippen LogP) is -1.06. The third kappa shape index (κ3) is 1.58. The Labute approximate surface area is 89.0 Å². The Morgan fingerprint density at radius 2 is 1.69 bits per heavy atom. The molecule has 0 bridgehead atoms. The molecule has 0 N–H and O–H groups in total. The van der Waals surface area contributed by atoms with E-state index in [0.717, 1.165) is 0 Å². The van der Waals surface area contributed by atoms with Crippen LogP contribution in [0.15, 0.2) is 0 Å². The fourth-order valence-electron chi connectivity index (χ4n) is 0.613. The molecule has 0 radical (unpaired) electrons. The molecule has 0 aromatic carbocycles. The zero-order chi connectivity index (χ0) is 12.5. The molecule has 16 heavy (non-hydrogen) atoms. The molecule has 0 saturated heterocycles. The number of halogens is 1. The van der Waals surface area contributed by atoms with Crippen LogP contribution in [-0.2, 0) is 5.25 Å². The highest BCUT2D eigenvalue weighted by atomic mass is 35.5. The number of hydrogen-bond donors (Lipinski definition) is 0. The van der Waals surface area contributed by atoms with Gasteiger partial charge in [-0.1, -0.05) is 0 Å². The number of nitrogens with zero attached hydrogens (tertiary/aromatic N) is 7. The lowest BCUT2D eigenvalue weighted by Gasteiger charge is -2.03. The molecular formula is C2ClN7O6. The van der Waals surface area contributed by atoms with E-state index < -0.39 is 26.0 Å². The third-order valence-corrected chi connectivity index (χ3v) is 1.71. The van der Waals surface area contributed by atoms with Crippen LogP contribution in [0.25, 0.3) is 0 Å². The highest BCUT2D eigenvalue weighted by Crippen LogP contribution is 2.21. The quantitative estimate of drug-likeness (QED) is 0.213. The summed E-state index contributed by atoms with van der Waals surface area (Å²) in [7, 11) is 0. The van der Waals surface area contributed by atoms with Crippen LogP contribution in [0, 0.1) is 30.3 Å². The number of tetrazole rings is 1. The fraction of sp³-hybridized carbons (Fsp3) is 0.500. The van der Waals surface area contributed by atoms with Gasteiger partial charge in [0.1, 0.15) is 9.85 Å². The molecule has 0 fully saturated rings. The fourth-order valence-corrected chi connectivity index (χ4v) is 0.685. The number of nitro groups is 3. The van der Waals surface area contributed by atoms with Crippen LogP contribution < -0.4 is 0 Å². The first-order valence-corrected chi connectivity index (χ1v) is 3.60. The van der Waals surface area contributed by atoms with E-state index in [9.17, 15) is 30.3 Å². The predicted molar refractivity (Wildman–Crippen MR) is 42.3 cm³/mol. The van der Waals surface area contributed by atoms with Crippen LogP contribution in [0.5, 0.6) is 0 Å². The minimum Gasteiger partial charge on any atom is -0.390 e. The molecule has 14 heteroatoms. The van der Waals surface area contributed by atoms with E-state index in [4.69, 9.17) is 11.6 Å². The first-order valence-electron chi connectivity index (χ1n) is 3.23. The molecule has 0 aliphatic carbocycles. The lowest BCUT2D eigenvalue weighted by atomic mass is 10.9. The van der Waals surface area contributed by atoms with Crippen LogP contribution in [0.3, 0.4) is 0 Å². The van der Waals surface area contributed by atoms with E-state index in [1.807, 2.05) is 0 Å². The first-order chi connectivity index (χ1) is 7.30. The van der Waals surface area contributed by atoms with Gasteiger partial charge in [-0.25, -0.2) is 0 Å². The van der Waals surface area contributed by atoms with Crippen molar-refractivity contribution in [1.29, 1.82) is 0 Å². The van der Waals surface area contributed by atoms with Crippen LogP contribution in [0.2, 0.25) is 0 Å². The Kier molecular flexibility index (Phi) is 2.63. The largest absolute Gasteiger partial charge is 0.677 e. The average molecular weight is 254 g/mol.